The van der Waals surface area contributed by atoms with Crippen LogP contribution in [0.5, 0.6) is 0 Å². The van der Waals surface area contributed by atoms with Gasteiger partial charge in [-0.15, -0.1) is 12.4 Å². The lowest BCUT2D eigenvalue weighted by Gasteiger charge is -2.36. The van der Waals surface area contributed by atoms with E-state index in [1.807, 2.05) is 0 Å². The normalized spacial score (nSPS) is 31.5. The smallest absolute Gasteiger partial charge is 0.306 e. The number of aliphatic carboxylic acids is 1. The highest BCUT2D eigenvalue weighted by molar-refractivity contribution is 5.85. The van der Waals surface area contributed by atoms with Crippen molar-refractivity contribution in [3.63, 3.8) is 0 Å². The van der Waals surface area contributed by atoms with Gasteiger partial charge in [-0.05, 0) is 18.8 Å². The molecule has 0 radical (unpaired) electrons. The molecular formula is C7H14ClNO2. The Hall–Kier alpha value is -0.280. The van der Waals surface area contributed by atoms with E-state index in [9.17, 15) is 4.79 Å². The Morgan fingerprint density at radius 1 is 1.64 bits per heavy atom. The van der Waals surface area contributed by atoms with Crippen LogP contribution in [0.15, 0.2) is 0 Å². The molecule has 3 N–H and O–H groups in total. The fraction of sp³-hybridized carbons (Fsp3) is 0.857. The summed E-state index contributed by atoms with van der Waals surface area (Å²) in [4.78, 5) is 10.4. The molecule has 0 bridgehead atoms. The molecule has 11 heavy (non-hydrogen) atoms. The van der Waals surface area contributed by atoms with Crippen LogP contribution < -0.4 is 5.73 Å². The second-order valence-electron chi connectivity index (χ2n) is 3.03. The third-order valence-electron chi connectivity index (χ3n) is 2.42. The summed E-state index contributed by atoms with van der Waals surface area (Å²) in [5.41, 5.74) is 5.60. The number of carboxylic acids is 1. The highest BCUT2D eigenvalue weighted by Crippen LogP contribution is 2.32. The first kappa shape index (κ1) is 10.7. The summed E-state index contributed by atoms with van der Waals surface area (Å²) >= 11 is 0. The number of carbonyl (C=O) groups is 1. The summed E-state index contributed by atoms with van der Waals surface area (Å²) < 4.78 is 0. The molecule has 3 nitrogen and oxygen atoms in total. The molecule has 0 aromatic rings. The predicted octanol–water partition coefficient (Wildman–Crippen LogP) is 0.866. The third kappa shape index (κ3) is 2.07. The predicted molar refractivity (Wildman–Crippen MR) is 44.7 cm³/mol. The van der Waals surface area contributed by atoms with Crippen LogP contribution in [-0.2, 0) is 4.79 Å². The van der Waals surface area contributed by atoms with Crippen LogP contribution in [0.2, 0.25) is 0 Å². The maximum Gasteiger partial charge on any atom is 0.306 e. The van der Waals surface area contributed by atoms with Crippen molar-refractivity contribution in [2.24, 2.45) is 17.6 Å². The molecule has 2 unspecified atom stereocenters. The molecule has 3 atom stereocenters. The largest absolute Gasteiger partial charge is 0.481 e. The highest BCUT2D eigenvalue weighted by atomic mass is 35.5. The lowest BCUT2D eigenvalue weighted by Crippen LogP contribution is -2.44. The molecule has 0 spiro atoms. The molecular weight excluding hydrogens is 166 g/mol. The van der Waals surface area contributed by atoms with Gasteiger partial charge in [-0.1, -0.05) is 6.92 Å². The molecule has 1 aliphatic rings. The topological polar surface area (TPSA) is 63.3 Å². The van der Waals surface area contributed by atoms with Gasteiger partial charge in [-0.2, -0.15) is 0 Å². The van der Waals surface area contributed by atoms with Gasteiger partial charge < -0.3 is 10.8 Å². The SMILES string of the molecule is C[C@H](C(=O)O)C1CCC1N.Cl. The van der Waals surface area contributed by atoms with E-state index >= 15 is 0 Å². The monoisotopic (exact) mass is 179 g/mol. The molecule has 66 valence electrons. The van der Waals surface area contributed by atoms with Crippen molar-refractivity contribution >= 4 is 18.4 Å². The summed E-state index contributed by atoms with van der Waals surface area (Å²) in [5.74, 6) is -0.763. The molecule has 0 saturated heterocycles. The van der Waals surface area contributed by atoms with Gasteiger partial charge in [-0.3, -0.25) is 4.79 Å². The van der Waals surface area contributed by atoms with Crippen LogP contribution in [0, 0.1) is 11.8 Å². The highest BCUT2D eigenvalue weighted by Gasteiger charge is 2.35. The maximum atomic E-state index is 10.4. The summed E-state index contributed by atoms with van der Waals surface area (Å²) in [6.45, 7) is 1.73. The van der Waals surface area contributed by atoms with E-state index in [1.54, 1.807) is 6.92 Å². The standard InChI is InChI=1S/C7H13NO2.ClH/c1-4(7(9)10)5-2-3-6(5)8;/h4-6H,2-3,8H2,1H3,(H,9,10);1H/t4-,5?,6?;/m0./s1. The van der Waals surface area contributed by atoms with Crippen molar-refractivity contribution in [1.29, 1.82) is 0 Å². The molecule has 0 aromatic carbocycles. The quantitative estimate of drug-likeness (QED) is 0.661. The number of hydrogen-bond acceptors (Lipinski definition) is 2. The number of hydrogen-bond donors (Lipinski definition) is 2. The first-order valence-electron chi connectivity index (χ1n) is 3.61. The van der Waals surface area contributed by atoms with E-state index < -0.39 is 5.97 Å². The number of halogens is 1. The summed E-state index contributed by atoms with van der Waals surface area (Å²) in [6.07, 6.45) is 1.97. The van der Waals surface area contributed by atoms with Gasteiger partial charge in [0, 0.05) is 6.04 Å². The lowest BCUT2D eigenvalue weighted by atomic mass is 9.73. The molecule has 1 fully saturated rings. The van der Waals surface area contributed by atoms with Crippen molar-refractivity contribution in [1.82, 2.24) is 0 Å². The van der Waals surface area contributed by atoms with Crippen LogP contribution in [0.1, 0.15) is 19.8 Å². The summed E-state index contributed by atoms with van der Waals surface area (Å²) in [5, 5.41) is 8.58. The molecule has 0 aromatic heterocycles. The van der Waals surface area contributed by atoms with Gasteiger partial charge in [0.1, 0.15) is 0 Å². The Kier molecular flexibility index (Phi) is 3.83. The molecule has 1 aliphatic carbocycles. The van der Waals surface area contributed by atoms with Crippen molar-refractivity contribution in [3.8, 4) is 0 Å². The van der Waals surface area contributed by atoms with E-state index in [2.05, 4.69) is 0 Å². The van der Waals surface area contributed by atoms with Crippen LogP contribution >= 0.6 is 12.4 Å². The van der Waals surface area contributed by atoms with Crippen LogP contribution in [-0.4, -0.2) is 17.1 Å². The first-order valence-corrected chi connectivity index (χ1v) is 3.61. The van der Waals surface area contributed by atoms with Crippen molar-refractivity contribution in [3.05, 3.63) is 0 Å². The fourth-order valence-electron chi connectivity index (χ4n) is 1.36. The Balaban J connectivity index is 0.000001000. The van der Waals surface area contributed by atoms with Gasteiger partial charge in [0.2, 0.25) is 0 Å². The van der Waals surface area contributed by atoms with E-state index in [1.165, 1.54) is 0 Å². The van der Waals surface area contributed by atoms with E-state index in [4.69, 9.17) is 10.8 Å². The Labute approximate surface area is 72.4 Å². The summed E-state index contributed by atoms with van der Waals surface area (Å²) in [6, 6.07) is 0.131. The average molecular weight is 180 g/mol. The molecule has 0 amide bonds. The molecule has 0 heterocycles. The molecule has 0 aliphatic heterocycles. The third-order valence-corrected chi connectivity index (χ3v) is 2.42. The van der Waals surface area contributed by atoms with E-state index in [0.29, 0.717) is 0 Å². The van der Waals surface area contributed by atoms with Gasteiger partial charge in [0.05, 0.1) is 5.92 Å². The number of nitrogens with two attached hydrogens (primary N) is 1. The van der Waals surface area contributed by atoms with E-state index in [0.717, 1.165) is 12.8 Å². The zero-order valence-electron chi connectivity index (χ0n) is 6.49. The summed E-state index contributed by atoms with van der Waals surface area (Å²) in [7, 11) is 0. The lowest BCUT2D eigenvalue weighted by molar-refractivity contribution is -0.144. The first-order chi connectivity index (χ1) is 4.63. The Bertz CT molecular complexity index is 151. The van der Waals surface area contributed by atoms with E-state index in [-0.39, 0.29) is 30.3 Å². The molecule has 1 rings (SSSR count). The van der Waals surface area contributed by atoms with Gasteiger partial charge in [0.25, 0.3) is 0 Å². The Morgan fingerprint density at radius 3 is 2.27 bits per heavy atom. The second kappa shape index (κ2) is 3.93. The van der Waals surface area contributed by atoms with Gasteiger partial charge >= 0.3 is 5.97 Å². The molecule has 4 heteroatoms. The van der Waals surface area contributed by atoms with Gasteiger partial charge in [-0.25, -0.2) is 0 Å². The Morgan fingerprint density at radius 2 is 2.18 bits per heavy atom. The second-order valence-corrected chi connectivity index (χ2v) is 3.03. The van der Waals surface area contributed by atoms with Crippen LogP contribution in [0.4, 0.5) is 0 Å². The minimum Gasteiger partial charge on any atom is -0.481 e. The maximum absolute atomic E-state index is 10.4. The number of rotatable bonds is 2. The van der Waals surface area contributed by atoms with Crippen molar-refractivity contribution in [2.45, 2.75) is 25.8 Å². The zero-order valence-corrected chi connectivity index (χ0v) is 7.30. The molecule has 1 saturated carbocycles. The van der Waals surface area contributed by atoms with Gasteiger partial charge in [0.15, 0.2) is 0 Å². The zero-order chi connectivity index (χ0) is 7.72. The van der Waals surface area contributed by atoms with Crippen molar-refractivity contribution < 1.29 is 9.90 Å². The van der Waals surface area contributed by atoms with Crippen LogP contribution in [0.3, 0.4) is 0 Å². The minimum absolute atomic E-state index is 0. The average Bonchev–Trinajstić information content (AvgIpc) is 1.84. The number of carboxylic acid groups (broad SMARTS) is 1. The van der Waals surface area contributed by atoms with Crippen LogP contribution in [0.25, 0.3) is 0 Å². The fourth-order valence-corrected chi connectivity index (χ4v) is 1.36. The van der Waals surface area contributed by atoms with Crippen molar-refractivity contribution in [2.75, 3.05) is 0 Å². The minimum atomic E-state index is -0.722.